The zero-order chi connectivity index (χ0) is 24.4. The second-order valence-corrected chi connectivity index (χ2v) is 8.16. The van der Waals surface area contributed by atoms with Gasteiger partial charge in [0.25, 0.3) is 11.6 Å². The predicted molar refractivity (Wildman–Crippen MR) is 127 cm³/mol. The molecular formula is C25H34N2O6. The number of rotatable bonds is 13. The summed E-state index contributed by atoms with van der Waals surface area (Å²) < 4.78 is 15.8. The minimum Gasteiger partial charge on any atom is -0.493 e. The molecule has 180 valence electrons. The van der Waals surface area contributed by atoms with Gasteiger partial charge in [0, 0.05) is 13.2 Å². The maximum atomic E-state index is 13.2. The highest BCUT2D eigenvalue weighted by atomic mass is 16.6. The van der Waals surface area contributed by atoms with Crippen molar-refractivity contribution in [3.05, 3.63) is 63.2 Å². The Morgan fingerprint density at radius 1 is 1.09 bits per heavy atom. The van der Waals surface area contributed by atoms with Gasteiger partial charge in [-0.2, -0.15) is 0 Å². The summed E-state index contributed by atoms with van der Waals surface area (Å²) in [5.41, 5.74) is 1.77. The molecular weight excluding hydrogens is 424 g/mol. The number of unbranched alkanes of at least 4 members (excludes halogenated alkanes) is 1. The number of aryl methyl sites for hydroxylation is 1. The normalized spacial score (nSPS) is 11.8. The number of hydrogen-bond donors (Lipinski definition) is 1. The Balaban J connectivity index is 2.32. The van der Waals surface area contributed by atoms with Crippen molar-refractivity contribution in [1.82, 2.24) is 5.32 Å². The molecule has 1 amide bonds. The molecule has 0 saturated heterocycles. The molecule has 0 heterocycles. The quantitative estimate of drug-likeness (QED) is 0.255. The van der Waals surface area contributed by atoms with Crippen molar-refractivity contribution in [2.75, 3.05) is 27.4 Å². The minimum atomic E-state index is -0.593. The van der Waals surface area contributed by atoms with Gasteiger partial charge >= 0.3 is 0 Å². The lowest BCUT2D eigenvalue weighted by atomic mass is 9.94. The van der Waals surface area contributed by atoms with Gasteiger partial charge in [0.05, 0.1) is 30.7 Å². The van der Waals surface area contributed by atoms with Crippen LogP contribution in [-0.2, 0) is 11.2 Å². The zero-order valence-electron chi connectivity index (χ0n) is 20.1. The Hall–Kier alpha value is -3.13. The number of nitro groups is 1. The highest BCUT2D eigenvalue weighted by Crippen LogP contribution is 2.35. The lowest BCUT2D eigenvalue weighted by Gasteiger charge is -2.23. The first-order valence-electron chi connectivity index (χ1n) is 11.2. The van der Waals surface area contributed by atoms with E-state index in [0.29, 0.717) is 6.61 Å². The third-order valence-corrected chi connectivity index (χ3v) is 5.38. The van der Waals surface area contributed by atoms with E-state index in [1.54, 1.807) is 0 Å². The van der Waals surface area contributed by atoms with Crippen molar-refractivity contribution >= 4 is 11.6 Å². The average molecular weight is 459 g/mol. The van der Waals surface area contributed by atoms with Gasteiger partial charge in [0.2, 0.25) is 0 Å². The van der Waals surface area contributed by atoms with Crippen LogP contribution in [0.4, 0.5) is 5.69 Å². The topological polar surface area (TPSA) is 99.9 Å². The van der Waals surface area contributed by atoms with E-state index < -0.39 is 10.8 Å². The van der Waals surface area contributed by atoms with Crippen LogP contribution in [0, 0.1) is 16.0 Å². The number of carbonyl (C=O) groups excluding carboxylic acids is 1. The SMILES string of the molecule is CCCCc1ccc(C(NC(=O)c2cc(OC)c(OCCOC)cc2[N+](=O)[O-])C(C)C)cc1. The van der Waals surface area contributed by atoms with Crippen molar-refractivity contribution in [1.29, 1.82) is 0 Å². The van der Waals surface area contributed by atoms with Gasteiger partial charge in [-0.1, -0.05) is 51.5 Å². The van der Waals surface area contributed by atoms with Crippen LogP contribution in [0.2, 0.25) is 0 Å². The summed E-state index contributed by atoms with van der Waals surface area (Å²) in [4.78, 5) is 24.3. The Kier molecular flexibility index (Phi) is 10.1. The molecule has 1 unspecified atom stereocenters. The number of nitrogens with one attached hydrogen (secondary N) is 1. The predicted octanol–water partition coefficient (Wildman–Crippen LogP) is 5.10. The summed E-state index contributed by atoms with van der Waals surface area (Å²) in [6, 6.07) is 10.4. The molecule has 2 rings (SSSR count). The molecule has 0 aliphatic heterocycles. The minimum absolute atomic E-state index is 0.0769. The number of nitrogens with zero attached hydrogens (tertiary/aromatic N) is 1. The molecule has 33 heavy (non-hydrogen) atoms. The first-order chi connectivity index (χ1) is 15.8. The van der Waals surface area contributed by atoms with Crippen LogP contribution in [0.3, 0.4) is 0 Å². The lowest BCUT2D eigenvalue weighted by molar-refractivity contribution is -0.385. The first-order valence-corrected chi connectivity index (χ1v) is 11.2. The van der Waals surface area contributed by atoms with Crippen LogP contribution in [0.25, 0.3) is 0 Å². The molecule has 0 aromatic heterocycles. The monoisotopic (exact) mass is 458 g/mol. The van der Waals surface area contributed by atoms with Crippen LogP contribution >= 0.6 is 0 Å². The third kappa shape index (κ3) is 7.18. The Bertz CT molecular complexity index is 927. The molecule has 2 aromatic carbocycles. The zero-order valence-corrected chi connectivity index (χ0v) is 20.1. The van der Waals surface area contributed by atoms with E-state index in [1.807, 2.05) is 26.0 Å². The van der Waals surface area contributed by atoms with Crippen molar-refractivity contribution in [2.24, 2.45) is 5.92 Å². The summed E-state index contributed by atoms with van der Waals surface area (Å²) in [6.45, 7) is 6.66. The van der Waals surface area contributed by atoms with Crippen molar-refractivity contribution in [3.8, 4) is 11.5 Å². The summed E-state index contributed by atoms with van der Waals surface area (Å²) in [6.07, 6.45) is 3.27. The van der Waals surface area contributed by atoms with Gasteiger partial charge in [-0.05, 0) is 29.9 Å². The van der Waals surface area contributed by atoms with Crippen molar-refractivity contribution in [3.63, 3.8) is 0 Å². The molecule has 0 aliphatic rings. The molecule has 1 atom stereocenters. The number of benzene rings is 2. The smallest absolute Gasteiger partial charge is 0.286 e. The van der Waals surface area contributed by atoms with Gasteiger partial charge in [-0.15, -0.1) is 0 Å². The summed E-state index contributed by atoms with van der Waals surface area (Å²) in [5.74, 6) is -0.0469. The fourth-order valence-electron chi connectivity index (χ4n) is 3.52. The molecule has 1 N–H and O–H groups in total. The number of hydrogen-bond acceptors (Lipinski definition) is 6. The van der Waals surface area contributed by atoms with E-state index >= 15 is 0 Å². The average Bonchev–Trinajstić information content (AvgIpc) is 2.81. The van der Waals surface area contributed by atoms with E-state index in [4.69, 9.17) is 14.2 Å². The highest BCUT2D eigenvalue weighted by molar-refractivity contribution is 5.99. The Morgan fingerprint density at radius 2 is 1.79 bits per heavy atom. The van der Waals surface area contributed by atoms with E-state index in [0.717, 1.165) is 24.8 Å². The fraction of sp³-hybridized carbons (Fsp3) is 0.480. The van der Waals surface area contributed by atoms with E-state index in [1.165, 1.54) is 31.9 Å². The van der Waals surface area contributed by atoms with Crippen molar-refractivity contribution < 1.29 is 23.9 Å². The number of nitro benzene ring substituents is 1. The lowest BCUT2D eigenvalue weighted by Crippen LogP contribution is -2.32. The molecule has 8 heteroatoms. The molecule has 0 saturated carbocycles. The number of amides is 1. The molecule has 2 aromatic rings. The molecule has 0 aliphatic carbocycles. The van der Waals surface area contributed by atoms with Crippen LogP contribution < -0.4 is 14.8 Å². The second kappa shape index (κ2) is 12.8. The molecule has 0 radical (unpaired) electrons. The molecule has 8 nitrogen and oxygen atoms in total. The molecule has 0 bridgehead atoms. The van der Waals surface area contributed by atoms with E-state index in [-0.39, 0.29) is 41.3 Å². The molecule has 0 spiro atoms. The second-order valence-electron chi connectivity index (χ2n) is 8.16. The fourth-order valence-corrected chi connectivity index (χ4v) is 3.52. The number of ether oxygens (including phenoxy) is 3. The summed E-state index contributed by atoms with van der Waals surface area (Å²) in [5, 5.41) is 14.7. The maximum Gasteiger partial charge on any atom is 0.286 e. The van der Waals surface area contributed by atoms with Crippen LogP contribution in [-0.4, -0.2) is 38.3 Å². The maximum absolute atomic E-state index is 13.2. The Labute approximate surface area is 195 Å². The van der Waals surface area contributed by atoms with Crippen LogP contribution in [0.5, 0.6) is 11.5 Å². The Morgan fingerprint density at radius 3 is 2.33 bits per heavy atom. The van der Waals surface area contributed by atoms with Gasteiger partial charge in [-0.3, -0.25) is 14.9 Å². The van der Waals surface area contributed by atoms with Gasteiger partial charge < -0.3 is 19.5 Å². The van der Waals surface area contributed by atoms with E-state index in [2.05, 4.69) is 24.4 Å². The third-order valence-electron chi connectivity index (χ3n) is 5.38. The summed E-state index contributed by atoms with van der Waals surface area (Å²) in [7, 11) is 2.95. The highest BCUT2D eigenvalue weighted by Gasteiger charge is 2.27. The number of carbonyl (C=O) groups is 1. The number of methoxy groups -OCH3 is 2. The summed E-state index contributed by atoms with van der Waals surface area (Å²) >= 11 is 0. The standard InChI is InChI=1S/C25H34N2O6/c1-6-7-8-18-9-11-19(12-10-18)24(17(2)3)26-25(28)20-15-22(32-5)23(33-14-13-31-4)16-21(20)27(29)30/h9-12,15-17,24H,6-8,13-14H2,1-5H3,(H,26,28). The molecule has 0 fully saturated rings. The largest absolute Gasteiger partial charge is 0.493 e. The van der Waals surface area contributed by atoms with Gasteiger partial charge in [0.1, 0.15) is 12.2 Å². The van der Waals surface area contributed by atoms with Crippen molar-refractivity contribution in [2.45, 2.75) is 46.1 Å². The van der Waals surface area contributed by atoms with Gasteiger partial charge in [0.15, 0.2) is 11.5 Å². The van der Waals surface area contributed by atoms with E-state index in [9.17, 15) is 14.9 Å². The van der Waals surface area contributed by atoms with Crippen LogP contribution in [0.15, 0.2) is 36.4 Å². The van der Waals surface area contributed by atoms with Gasteiger partial charge in [-0.25, -0.2) is 0 Å². The van der Waals surface area contributed by atoms with Crippen LogP contribution in [0.1, 0.15) is 61.1 Å². The first kappa shape index (κ1) is 26.1.